The molecule has 1 aliphatic carbocycles. The van der Waals surface area contributed by atoms with E-state index in [-0.39, 0.29) is 17.6 Å². The second-order valence-electron chi connectivity index (χ2n) is 6.91. The van der Waals surface area contributed by atoms with Crippen molar-refractivity contribution in [2.75, 3.05) is 17.6 Å². The minimum atomic E-state index is -3.12. The summed E-state index contributed by atoms with van der Waals surface area (Å²) in [5, 5.41) is 3.42. The van der Waals surface area contributed by atoms with Gasteiger partial charge in [-0.25, -0.2) is 17.9 Å². The van der Waals surface area contributed by atoms with Crippen molar-refractivity contribution in [2.24, 2.45) is 5.92 Å². The summed E-state index contributed by atoms with van der Waals surface area (Å²) in [7, 11) is -3.12. The van der Waals surface area contributed by atoms with Crippen molar-refractivity contribution in [1.29, 1.82) is 0 Å². The average Bonchev–Trinajstić information content (AvgIpc) is 2.95. The number of nitrogens with one attached hydrogen (secondary N) is 2. The Labute approximate surface area is 153 Å². The summed E-state index contributed by atoms with van der Waals surface area (Å²) in [6.45, 7) is 4.99. The van der Waals surface area contributed by atoms with Gasteiger partial charge in [0.1, 0.15) is 0 Å². The Morgan fingerprint density at radius 3 is 2.58 bits per heavy atom. The molecule has 144 valence electrons. The predicted molar refractivity (Wildman–Crippen MR) is 103 cm³/mol. The number of anilines is 1. The first-order valence-electron chi connectivity index (χ1n) is 9.29. The first-order chi connectivity index (χ1) is 12.4. The molecule has 1 aliphatic rings. The van der Waals surface area contributed by atoms with Gasteiger partial charge in [0.15, 0.2) is 5.58 Å². The van der Waals surface area contributed by atoms with Crippen LogP contribution in [0.25, 0.3) is 11.1 Å². The van der Waals surface area contributed by atoms with Crippen LogP contribution in [0.2, 0.25) is 0 Å². The summed E-state index contributed by atoms with van der Waals surface area (Å²) in [5.41, 5.74) is 2.34. The van der Waals surface area contributed by atoms with Gasteiger partial charge in [0.25, 0.3) is 0 Å². The maximum absolute atomic E-state index is 11.8. The largest absolute Gasteiger partial charge is 0.419 e. The van der Waals surface area contributed by atoms with Gasteiger partial charge in [-0.1, -0.05) is 0 Å². The Hall–Kier alpha value is -1.80. The summed E-state index contributed by atoms with van der Waals surface area (Å²) in [6, 6.07) is 5.80. The fourth-order valence-corrected chi connectivity index (χ4v) is 4.47. The molecule has 0 saturated heterocycles. The van der Waals surface area contributed by atoms with Crippen molar-refractivity contribution < 1.29 is 12.8 Å². The molecule has 0 atom stereocenters. The molecular formula is C18H27N3O4S. The number of oxazole rings is 1. The number of aryl methyl sites for hydroxylation is 1. The monoisotopic (exact) mass is 381 g/mol. The Morgan fingerprint density at radius 2 is 1.92 bits per heavy atom. The molecule has 2 aromatic rings. The second kappa shape index (κ2) is 7.84. The van der Waals surface area contributed by atoms with Gasteiger partial charge in [-0.3, -0.25) is 4.57 Å². The maximum Gasteiger partial charge on any atom is 0.419 e. The zero-order valence-corrected chi connectivity index (χ0v) is 16.1. The number of hydrogen-bond acceptors (Lipinski definition) is 5. The van der Waals surface area contributed by atoms with Crippen molar-refractivity contribution in [3.63, 3.8) is 0 Å². The predicted octanol–water partition coefficient (Wildman–Crippen LogP) is 2.52. The number of nitrogens with zero attached hydrogens (tertiary/aromatic N) is 1. The highest BCUT2D eigenvalue weighted by Crippen LogP contribution is 2.26. The number of fused-ring (bicyclic) bond motifs is 1. The molecule has 1 fully saturated rings. The lowest BCUT2D eigenvalue weighted by atomic mass is 9.86. The van der Waals surface area contributed by atoms with E-state index in [0.717, 1.165) is 43.4 Å². The van der Waals surface area contributed by atoms with Gasteiger partial charge >= 0.3 is 5.76 Å². The second-order valence-corrected chi connectivity index (χ2v) is 8.96. The van der Waals surface area contributed by atoms with Gasteiger partial charge in [0.05, 0.1) is 11.3 Å². The number of hydrogen-bond donors (Lipinski definition) is 2. The average molecular weight is 381 g/mol. The van der Waals surface area contributed by atoms with Crippen LogP contribution in [-0.2, 0) is 16.6 Å². The van der Waals surface area contributed by atoms with Gasteiger partial charge < -0.3 is 9.73 Å². The van der Waals surface area contributed by atoms with Gasteiger partial charge in [-0.2, -0.15) is 0 Å². The maximum atomic E-state index is 11.8. The van der Waals surface area contributed by atoms with Crippen molar-refractivity contribution in [3.05, 3.63) is 28.7 Å². The first kappa shape index (κ1) is 19.0. The zero-order valence-electron chi connectivity index (χ0n) is 15.3. The Bertz CT molecular complexity index is 908. The lowest BCUT2D eigenvalue weighted by Crippen LogP contribution is -2.39. The molecule has 0 bridgehead atoms. The number of benzene rings is 1. The van der Waals surface area contributed by atoms with Crippen LogP contribution in [0.15, 0.2) is 27.4 Å². The molecule has 1 aromatic heterocycles. The van der Waals surface area contributed by atoms with E-state index >= 15 is 0 Å². The summed E-state index contributed by atoms with van der Waals surface area (Å²) in [6.07, 6.45) is 3.73. The summed E-state index contributed by atoms with van der Waals surface area (Å²) in [4.78, 5) is 11.8. The van der Waals surface area contributed by atoms with Gasteiger partial charge in [-0.15, -0.1) is 0 Å². The van der Waals surface area contributed by atoms with E-state index in [2.05, 4.69) is 10.0 Å². The Kier molecular flexibility index (Phi) is 5.72. The zero-order chi connectivity index (χ0) is 18.7. The van der Waals surface area contributed by atoms with E-state index in [1.54, 1.807) is 11.5 Å². The van der Waals surface area contributed by atoms with E-state index < -0.39 is 10.0 Å². The van der Waals surface area contributed by atoms with Crippen LogP contribution in [0, 0.1) is 5.92 Å². The minimum absolute atomic E-state index is 0.0654. The van der Waals surface area contributed by atoms with Crippen molar-refractivity contribution in [3.8, 4) is 0 Å². The van der Waals surface area contributed by atoms with Crippen LogP contribution in [0.1, 0.15) is 39.5 Å². The smallest absolute Gasteiger partial charge is 0.408 e. The molecule has 3 rings (SSSR count). The minimum Gasteiger partial charge on any atom is -0.408 e. The third kappa shape index (κ3) is 4.29. The van der Waals surface area contributed by atoms with E-state index in [9.17, 15) is 13.2 Å². The molecule has 0 aliphatic heterocycles. The fraction of sp³-hybridized carbons (Fsp3) is 0.611. The van der Waals surface area contributed by atoms with E-state index in [1.807, 2.05) is 25.1 Å². The van der Waals surface area contributed by atoms with Gasteiger partial charge in [-0.05, 0) is 57.6 Å². The highest BCUT2D eigenvalue weighted by atomic mass is 32.2. The molecule has 0 unspecified atom stereocenters. The Balaban J connectivity index is 1.54. The van der Waals surface area contributed by atoms with Crippen LogP contribution in [0.3, 0.4) is 0 Å². The standard InChI is InChI=1S/C18H27N3O4S/c1-3-21-16-10-9-15(11-17(16)25-18(21)22)19-12-13-5-7-14(8-6-13)20-26(23,24)4-2/h9-11,13-14,19-20H,3-8,12H2,1-2H3/t13-,14-. The summed E-state index contributed by atoms with van der Waals surface area (Å²) >= 11 is 0. The van der Waals surface area contributed by atoms with Crippen LogP contribution >= 0.6 is 0 Å². The number of sulfonamides is 1. The first-order valence-corrected chi connectivity index (χ1v) is 10.9. The number of rotatable bonds is 7. The highest BCUT2D eigenvalue weighted by molar-refractivity contribution is 7.89. The van der Waals surface area contributed by atoms with Crippen molar-refractivity contribution in [2.45, 2.75) is 52.1 Å². The number of aromatic nitrogens is 1. The van der Waals surface area contributed by atoms with Crippen LogP contribution in [0.5, 0.6) is 0 Å². The summed E-state index contributed by atoms with van der Waals surface area (Å²) < 4.78 is 33.0. The molecular weight excluding hydrogens is 354 g/mol. The van der Waals surface area contributed by atoms with Gasteiger partial charge in [0, 0.05) is 30.9 Å². The van der Waals surface area contributed by atoms with Crippen LogP contribution in [0.4, 0.5) is 5.69 Å². The Morgan fingerprint density at radius 1 is 1.19 bits per heavy atom. The highest BCUT2D eigenvalue weighted by Gasteiger charge is 2.24. The van der Waals surface area contributed by atoms with Crippen molar-refractivity contribution in [1.82, 2.24) is 9.29 Å². The van der Waals surface area contributed by atoms with E-state index in [0.29, 0.717) is 18.0 Å². The summed E-state index contributed by atoms with van der Waals surface area (Å²) in [5.74, 6) is 0.320. The molecule has 1 aromatic carbocycles. The lowest BCUT2D eigenvalue weighted by molar-refractivity contribution is 0.324. The topological polar surface area (TPSA) is 93.3 Å². The normalized spacial score (nSPS) is 21.2. The molecule has 8 heteroatoms. The molecule has 0 spiro atoms. The molecule has 26 heavy (non-hydrogen) atoms. The van der Waals surface area contributed by atoms with Gasteiger partial charge in [0.2, 0.25) is 10.0 Å². The third-order valence-electron chi connectivity index (χ3n) is 5.15. The molecule has 2 N–H and O–H groups in total. The molecule has 0 radical (unpaired) electrons. The van der Waals surface area contributed by atoms with E-state index in [4.69, 9.17) is 4.42 Å². The molecule has 0 amide bonds. The lowest BCUT2D eigenvalue weighted by Gasteiger charge is -2.29. The molecule has 7 nitrogen and oxygen atoms in total. The van der Waals surface area contributed by atoms with E-state index in [1.165, 1.54) is 0 Å². The molecule has 1 heterocycles. The fourth-order valence-electron chi connectivity index (χ4n) is 3.56. The van der Waals surface area contributed by atoms with Crippen LogP contribution < -0.4 is 15.8 Å². The van der Waals surface area contributed by atoms with Crippen molar-refractivity contribution >= 4 is 26.8 Å². The quantitative estimate of drug-likeness (QED) is 0.769. The third-order valence-corrected chi connectivity index (χ3v) is 6.60. The molecule has 1 saturated carbocycles. The SMILES string of the molecule is CCn1c(=O)oc2cc(NC[C@H]3CC[C@H](NS(=O)(=O)CC)CC3)ccc21. The van der Waals surface area contributed by atoms with Crippen LogP contribution in [-0.4, -0.2) is 31.3 Å².